The Bertz CT molecular complexity index is 1200. The SMILES string of the molecule is CC(C)(C)OC(=O)N1CCCC(n2nc(-c3ccc(C(N)=NO)cc3)c3c(N)ncnc32)C1. The van der Waals surface area contributed by atoms with Gasteiger partial charge in [0.1, 0.15) is 23.4 Å². The molecular formula is C22H28N8O3. The zero-order valence-corrected chi connectivity index (χ0v) is 18.9. The van der Waals surface area contributed by atoms with E-state index in [4.69, 9.17) is 26.5 Å². The molecule has 11 heteroatoms. The third kappa shape index (κ3) is 4.52. The van der Waals surface area contributed by atoms with E-state index in [2.05, 4.69) is 15.1 Å². The fourth-order valence-electron chi connectivity index (χ4n) is 3.96. The highest BCUT2D eigenvalue weighted by Crippen LogP contribution is 2.34. The number of piperidine rings is 1. The van der Waals surface area contributed by atoms with Crippen LogP contribution in [0.5, 0.6) is 0 Å². The molecule has 4 rings (SSSR count). The number of carbonyl (C=O) groups excluding carboxylic acids is 1. The molecule has 0 spiro atoms. The smallest absolute Gasteiger partial charge is 0.410 e. The fourth-order valence-corrected chi connectivity index (χ4v) is 3.96. The van der Waals surface area contributed by atoms with Crippen LogP contribution < -0.4 is 11.5 Å². The second-order valence-corrected chi connectivity index (χ2v) is 9.04. The number of nitrogens with zero attached hydrogens (tertiary/aromatic N) is 6. The summed E-state index contributed by atoms with van der Waals surface area (Å²) < 4.78 is 7.39. The zero-order chi connectivity index (χ0) is 23.8. The Hall–Kier alpha value is -3.89. The van der Waals surface area contributed by atoms with E-state index in [1.165, 1.54) is 6.33 Å². The monoisotopic (exact) mass is 452 g/mol. The summed E-state index contributed by atoms with van der Waals surface area (Å²) in [6, 6.07) is 7.02. The Kier molecular flexibility index (Phi) is 5.79. The molecule has 0 saturated carbocycles. The summed E-state index contributed by atoms with van der Waals surface area (Å²) in [5.74, 6) is 0.339. The third-order valence-corrected chi connectivity index (χ3v) is 5.47. The summed E-state index contributed by atoms with van der Waals surface area (Å²) in [5.41, 5.74) is 13.9. The molecule has 3 heterocycles. The van der Waals surface area contributed by atoms with Gasteiger partial charge in [-0.05, 0) is 33.6 Å². The summed E-state index contributed by atoms with van der Waals surface area (Å²) in [5, 5.41) is 17.4. The van der Waals surface area contributed by atoms with Crippen molar-refractivity contribution in [3.63, 3.8) is 0 Å². The Morgan fingerprint density at radius 2 is 1.97 bits per heavy atom. The number of likely N-dealkylation sites (tertiary alicyclic amines) is 1. The molecule has 1 aromatic carbocycles. The number of amides is 1. The number of hydrogen-bond donors (Lipinski definition) is 3. The molecule has 1 unspecified atom stereocenters. The molecule has 33 heavy (non-hydrogen) atoms. The van der Waals surface area contributed by atoms with Crippen molar-refractivity contribution in [1.29, 1.82) is 0 Å². The van der Waals surface area contributed by atoms with Crippen molar-refractivity contribution < 1.29 is 14.7 Å². The first-order valence-electron chi connectivity index (χ1n) is 10.7. The lowest BCUT2D eigenvalue weighted by Crippen LogP contribution is -2.43. The molecule has 1 saturated heterocycles. The molecule has 174 valence electrons. The van der Waals surface area contributed by atoms with Crippen LogP contribution in [0.15, 0.2) is 35.7 Å². The standard InChI is InChI=1S/C22H28N8O3/c1-22(2,3)33-21(31)29-10-4-5-15(11-29)30-20-16(19(24)25-12-26-20)17(27-30)13-6-8-14(9-7-13)18(23)28-32/h6-9,12,15,32H,4-5,10-11H2,1-3H3,(H2,23,28)(H2,24,25,26). The number of carbonyl (C=O) groups is 1. The molecule has 5 N–H and O–H groups in total. The Labute approximate surface area is 191 Å². The van der Waals surface area contributed by atoms with Crippen LogP contribution in [0.25, 0.3) is 22.3 Å². The minimum atomic E-state index is -0.562. The van der Waals surface area contributed by atoms with E-state index in [1.807, 2.05) is 37.6 Å². The van der Waals surface area contributed by atoms with Crippen LogP contribution in [0.2, 0.25) is 0 Å². The molecule has 2 aromatic heterocycles. The lowest BCUT2D eigenvalue weighted by atomic mass is 10.1. The predicted molar refractivity (Wildman–Crippen MR) is 124 cm³/mol. The first kappa shape index (κ1) is 22.3. The lowest BCUT2D eigenvalue weighted by Gasteiger charge is -2.34. The number of fused-ring (bicyclic) bond motifs is 1. The molecule has 1 aliphatic rings. The predicted octanol–water partition coefficient (Wildman–Crippen LogP) is 2.74. The second kappa shape index (κ2) is 8.57. The molecule has 1 fully saturated rings. The Morgan fingerprint density at radius 1 is 1.24 bits per heavy atom. The average Bonchev–Trinajstić information content (AvgIpc) is 3.19. The van der Waals surface area contributed by atoms with E-state index in [1.54, 1.807) is 17.0 Å². The number of anilines is 1. The van der Waals surface area contributed by atoms with Gasteiger partial charge >= 0.3 is 6.09 Å². The van der Waals surface area contributed by atoms with Crippen LogP contribution in [0.4, 0.5) is 10.6 Å². The third-order valence-electron chi connectivity index (χ3n) is 5.47. The van der Waals surface area contributed by atoms with Crippen molar-refractivity contribution in [3.05, 3.63) is 36.2 Å². The van der Waals surface area contributed by atoms with Gasteiger partial charge in [0.25, 0.3) is 0 Å². The number of nitrogen functional groups attached to an aromatic ring is 1. The maximum Gasteiger partial charge on any atom is 0.410 e. The number of rotatable bonds is 3. The van der Waals surface area contributed by atoms with E-state index >= 15 is 0 Å². The van der Waals surface area contributed by atoms with Gasteiger partial charge < -0.3 is 26.3 Å². The summed E-state index contributed by atoms with van der Waals surface area (Å²) in [6.45, 7) is 6.64. The summed E-state index contributed by atoms with van der Waals surface area (Å²) in [4.78, 5) is 23.0. The van der Waals surface area contributed by atoms with Gasteiger partial charge in [-0.3, -0.25) is 0 Å². The van der Waals surface area contributed by atoms with Gasteiger partial charge in [-0.2, -0.15) is 5.10 Å². The van der Waals surface area contributed by atoms with Gasteiger partial charge in [-0.25, -0.2) is 19.4 Å². The molecule has 1 atom stereocenters. The van der Waals surface area contributed by atoms with Gasteiger partial charge in [-0.1, -0.05) is 29.4 Å². The first-order chi connectivity index (χ1) is 15.7. The maximum absolute atomic E-state index is 12.6. The van der Waals surface area contributed by atoms with Crippen LogP contribution in [0.3, 0.4) is 0 Å². The van der Waals surface area contributed by atoms with Gasteiger partial charge in [0, 0.05) is 24.2 Å². The number of hydrogen-bond acceptors (Lipinski definition) is 8. The van der Waals surface area contributed by atoms with E-state index < -0.39 is 5.60 Å². The highest BCUT2D eigenvalue weighted by Gasteiger charge is 2.31. The highest BCUT2D eigenvalue weighted by atomic mass is 16.6. The lowest BCUT2D eigenvalue weighted by molar-refractivity contribution is 0.0169. The Morgan fingerprint density at radius 3 is 2.64 bits per heavy atom. The van der Waals surface area contributed by atoms with Crippen LogP contribution >= 0.6 is 0 Å². The number of ether oxygens (including phenoxy) is 1. The second-order valence-electron chi connectivity index (χ2n) is 9.04. The van der Waals surface area contributed by atoms with Crippen molar-refractivity contribution in [1.82, 2.24) is 24.6 Å². The summed E-state index contributed by atoms with van der Waals surface area (Å²) in [6.07, 6.45) is 2.73. The van der Waals surface area contributed by atoms with Gasteiger partial charge in [0.2, 0.25) is 0 Å². The van der Waals surface area contributed by atoms with Gasteiger partial charge in [0.05, 0.1) is 11.4 Å². The van der Waals surface area contributed by atoms with E-state index in [-0.39, 0.29) is 18.0 Å². The molecule has 0 radical (unpaired) electrons. The van der Waals surface area contributed by atoms with Crippen molar-refractivity contribution in [3.8, 4) is 11.3 Å². The molecule has 0 aliphatic carbocycles. The number of nitrogens with two attached hydrogens (primary N) is 2. The molecule has 11 nitrogen and oxygen atoms in total. The molecular weight excluding hydrogens is 424 g/mol. The quantitative estimate of drug-likeness (QED) is 0.237. The number of benzene rings is 1. The summed E-state index contributed by atoms with van der Waals surface area (Å²) >= 11 is 0. The van der Waals surface area contributed by atoms with Crippen molar-refractivity contribution in [2.45, 2.75) is 45.3 Å². The molecule has 3 aromatic rings. The van der Waals surface area contributed by atoms with Crippen LogP contribution in [0, 0.1) is 0 Å². The van der Waals surface area contributed by atoms with E-state index in [0.717, 1.165) is 18.4 Å². The summed E-state index contributed by atoms with van der Waals surface area (Å²) in [7, 11) is 0. The van der Waals surface area contributed by atoms with E-state index in [0.29, 0.717) is 41.2 Å². The number of amidine groups is 1. The average molecular weight is 453 g/mol. The van der Waals surface area contributed by atoms with Gasteiger partial charge in [0.15, 0.2) is 11.5 Å². The van der Waals surface area contributed by atoms with Crippen LogP contribution in [-0.4, -0.2) is 60.5 Å². The maximum atomic E-state index is 12.6. The minimum absolute atomic E-state index is 0.0178. The van der Waals surface area contributed by atoms with Crippen molar-refractivity contribution in [2.24, 2.45) is 10.9 Å². The van der Waals surface area contributed by atoms with Crippen LogP contribution in [0.1, 0.15) is 45.2 Å². The Balaban J connectivity index is 1.71. The topological polar surface area (TPSA) is 158 Å². The molecule has 1 amide bonds. The zero-order valence-electron chi connectivity index (χ0n) is 18.9. The molecule has 0 bridgehead atoms. The number of aromatic nitrogens is 4. The molecule has 1 aliphatic heterocycles. The first-order valence-corrected chi connectivity index (χ1v) is 10.7. The fraction of sp³-hybridized carbons (Fsp3) is 0.409. The van der Waals surface area contributed by atoms with Crippen LogP contribution in [-0.2, 0) is 4.74 Å². The largest absolute Gasteiger partial charge is 0.444 e. The minimum Gasteiger partial charge on any atom is -0.444 e. The van der Waals surface area contributed by atoms with Crippen molar-refractivity contribution in [2.75, 3.05) is 18.8 Å². The number of oxime groups is 1. The normalized spacial score (nSPS) is 17.4. The highest BCUT2D eigenvalue weighted by molar-refractivity contribution is 6.00. The van der Waals surface area contributed by atoms with Crippen molar-refractivity contribution >= 4 is 28.8 Å². The van der Waals surface area contributed by atoms with E-state index in [9.17, 15) is 4.79 Å². The van der Waals surface area contributed by atoms with Gasteiger partial charge in [-0.15, -0.1) is 0 Å².